The zero-order valence-corrected chi connectivity index (χ0v) is 17.1. The Bertz CT molecular complexity index is 1110. The summed E-state index contributed by atoms with van der Waals surface area (Å²) in [5.74, 6) is 0.150. The minimum absolute atomic E-state index is 0.172. The number of sulfonamides is 1. The molecule has 6 nitrogen and oxygen atoms in total. The lowest BCUT2D eigenvalue weighted by Gasteiger charge is -2.20. The van der Waals surface area contributed by atoms with E-state index >= 15 is 0 Å². The first-order valence-electron chi connectivity index (χ1n) is 8.51. The number of halogens is 1. The van der Waals surface area contributed by atoms with Crippen molar-refractivity contribution in [2.24, 2.45) is 0 Å². The van der Waals surface area contributed by atoms with Crippen molar-refractivity contribution in [1.29, 1.82) is 5.26 Å². The molecule has 3 aromatic rings. The highest BCUT2D eigenvalue weighted by Gasteiger charge is 2.23. The number of aryl methyl sites for hydroxylation is 1. The van der Waals surface area contributed by atoms with Crippen LogP contribution in [-0.2, 0) is 22.3 Å². The third-order valence-corrected chi connectivity index (χ3v) is 6.19. The Morgan fingerprint density at radius 1 is 1.18 bits per heavy atom. The minimum Gasteiger partial charge on any atom is -0.312 e. The summed E-state index contributed by atoms with van der Waals surface area (Å²) in [6.45, 7) is 2.31. The summed E-state index contributed by atoms with van der Waals surface area (Å²) in [4.78, 5) is 4.22. The highest BCUT2D eigenvalue weighted by Crippen LogP contribution is 2.21. The summed E-state index contributed by atoms with van der Waals surface area (Å²) in [6.07, 6.45) is 3.29. The summed E-state index contributed by atoms with van der Waals surface area (Å²) in [7, 11) is -2.16. The molecule has 28 heavy (non-hydrogen) atoms. The van der Waals surface area contributed by atoms with Gasteiger partial charge in [0, 0.05) is 24.5 Å². The molecule has 0 aliphatic carbocycles. The molecule has 0 spiro atoms. The lowest BCUT2D eigenvalue weighted by atomic mass is 10.1. The lowest BCUT2D eigenvalue weighted by Crippen LogP contribution is -2.30. The van der Waals surface area contributed by atoms with Crippen LogP contribution in [0.5, 0.6) is 0 Å². The zero-order chi connectivity index (χ0) is 20.3. The van der Waals surface area contributed by atoms with Gasteiger partial charge >= 0.3 is 0 Å². The van der Waals surface area contributed by atoms with E-state index in [0.717, 1.165) is 11.1 Å². The number of rotatable bonds is 6. The topological polar surface area (TPSA) is 79.0 Å². The maximum atomic E-state index is 12.9. The number of nitriles is 1. The van der Waals surface area contributed by atoms with Crippen molar-refractivity contribution in [1.82, 2.24) is 9.55 Å². The van der Waals surface area contributed by atoms with Crippen molar-refractivity contribution in [3.8, 4) is 6.07 Å². The van der Waals surface area contributed by atoms with Gasteiger partial charge in [-0.25, -0.2) is 17.7 Å². The van der Waals surface area contributed by atoms with Gasteiger partial charge < -0.3 is 4.57 Å². The highest BCUT2D eigenvalue weighted by molar-refractivity contribution is 7.92. The van der Waals surface area contributed by atoms with Crippen LogP contribution in [0.1, 0.15) is 22.3 Å². The molecule has 1 aromatic heterocycles. The number of aromatic nitrogens is 2. The number of hydrogen-bond acceptors (Lipinski definition) is 4. The Morgan fingerprint density at radius 3 is 2.54 bits per heavy atom. The Kier molecular flexibility index (Phi) is 5.73. The molecule has 0 saturated carbocycles. The van der Waals surface area contributed by atoms with Crippen LogP contribution in [0.3, 0.4) is 0 Å². The van der Waals surface area contributed by atoms with Crippen LogP contribution in [0.15, 0.2) is 54.9 Å². The second-order valence-electron chi connectivity index (χ2n) is 6.52. The number of benzene rings is 2. The van der Waals surface area contributed by atoms with Gasteiger partial charge in [-0.3, -0.25) is 0 Å². The average Bonchev–Trinajstić information content (AvgIpc) is 3.08. The molecule has 2 aromatic carbocycles. The molecule has 1 heterocycles. The fraction of sp³-hybridized carbons (Fsp3) is 0.200. The van der Waals surface area contributed by atoms with Crippen LogP contribution in [-0.4, -0.2) is 25.0 Å². The SMILES string of the molecule is Cc1cc(Cl)cc(CS(=O)(=O)N(C)c2nccn2Cc2ccc(C#N)cc2)c1. The van der Waals surface area contributed by atoms with Crippen LogP contribution in [0.4, 0.5) is 5.95 Å². The van der Waals surface area contributed by atoms with Crippen molar-refractivity contribution in [3.63, 3.8) is 0 Å². The van der Waals surface area contributed by atoms with Crippen molar-refractivity contribution >= 4 is 27.6 Å². The Hall–Kier alpha value is -2.82. The molecular formula is C20H19ClN4O2S. The van der Waals surface area contributed by atoms with Crippen LogP contribution >= 0.6 is 11.6 Å². The van der Waals surface area contributed by atoms with Crippen molar-refractivity contribution in [2.45, 2.75) is 19.2 Å². The molecule has 0 saturated heterocycles. The minimum atomic E-state index is -3.65. The Labute approximate surface area is 169 Å². The summed E-state index contributed by atoms with van der Waals surface area (Å²) < 4.78 is 28.7. The second kappa shape index (κ2) is 8.05. The Balaban J connectivity index is 1.83. The molecule has 3 rings (SSSR count). The maximum absolute atomic E-state index is 12.9. The molecule has 0 radical (unpaired) electrons. The number of imidazole rings is 1. The largest absolute Gasteiger partial charge is 0.312 e. The van der Waals surface area contributed by atoms with Gasteiger partial charge in [0.15, 0.2) is 0 Å². The Morgan fingerprint density at radius 2 is 1.89 bits per heavy atom. The van der Waals surface area contributed by atoms with E-state index in [-0.39, 0.29) is 5.75 Å². The van der Waals surface area contributed by atoms with Gasteiger partial charge in [0.25, 0.3) is 0 Å². The smallest absolute Gasteiger partial charge is 0.241 e. The van der Waals surface area contributed by atoms with Crippen LogP contribution in [0, 0.1) is 18.3 Å². The molecular weight excluding hydrogens is 396 g/mol. The molecule has 144 valence electrons. The van der Waals surface area contributed by atoms with Crippen molar-refractivity contribution < 1.29 is 8.42 Å². The third-order valence-electron chi connectivity index (χ3n) is 4.28. The third kappa shape index (κ3) is 4.53. The fourth-order valence-corrected chi connectivity index (χ4v) is 4.41. The van der Waals surface area contributed by atoms with Gasteiger partial charge in [-0.1, -0.05) is 29.8 Å². The first kappa shape index (κ1) is 19.9. The summed E-state index contributed by atoms with van der Waals surface area (Å²) in [5, 5.41) is 9.41. The molecule has 0 atom stereocenters. The van der Waals surface area contributed by atoms with E-state index in [9.17, 15) is 8.42 Å². The standard InChI is InChI=1S/C20H19ClN4O2S/c1-15-9-18(11-19(21)10-15)14-28(26,27)24(2)20-23-7-8-25(20)13-17-5-3-16(12-22)4-6-17/h3-11H,13-14H2,1-2H3. The van der Waals surface area contributed by atoms with Crippen molar-refractivity contribution in [3.05, 3.63) is 82.1 Å². The van der Waals surface area contributed by atoms with Crippen LogP contribution in [0.2, 0.25) is 5.02 Å². The lowest BCUT2D eigenvalue weighted by molar-refractivity contribution is 0.591. The molecule has 0 N–H and O–H groups in total. The fourth-order valence-electron chi connectivity index (χ4n) is 2.92. The molecule has 0 aliphatic rings. The first-order valence-corrected chi connectivity index (χ1v) is 10.5. The number of nitrogens with zero attached hydrogens (tertiary/aromatic N) is 4. The van der Waals surface area contributed by atoms with Gasteiger partial charge in [0.05, 0.1) is 23.9 Å². The molecule has 0 aliphatic heterocycles. The molecule has 0 bridgehead atoms. The monoisotopic (exact) mass is 414 g/mol. The first-order chi connectivity index (χ1) is 13.3. The molecule has 0 amide bonds. The van der Waals surface area contributed by atoms with E-state index in [4.69, 9.17) is 16.9 Å². The van der Waals surface area contributed by atoms with Gasteiger partial charge in [0.1, 0.15) is 0 Å². The van der Waals surface area contributed by atoms with Gasteiger partial charge in [-0.05, 0) is 47.9 Å². The predicted molar refractivity (Wildman–Crippen MR) is 110 cm³/mol. The quantitative estimate of drug-likeness (QED) is 0.615. The number of anilines is 1. The van der Waals surface area contributed by atoms with Crippen LogP contribution < -0.4 is 4.31 Å². The summed E-state index contributed by atoms with van der Waals surface area (Å²) >= 11 is 6.05. The molecule has 0 fully saturated rings. The van der Waals surface area contributed by atoms with E-state index in [1.165, 1.54) is 11.4 Å². The van der Waals surface area contributed by atoms with Gasteiger partial charge in [0.2, 0.25) is 16.0 Å². The van der Waals surface area contributed by atoms with E-state index < -0.39 is 10.0 Å². The second-order valence-corrected chi connectivity index (χ2v) is 8.96. The number of hydrogen-bond donors (Lipinski definition) is 0. The van der Waals surface area contributed by atoms with E-state index in [1.807, 2.05) is 19.1 Å². The maximum Gasteiger partial charge on any atom is 0.241 e. The van der Waals surface area contributed by atoms with E-state index in [2.05, 4.69) is 11.1 Å². The van der Waals surface area contributed by atoms with Gasteiger partial charge in [-0.2, -0.15) is 5.26 Å². The van der Waals surface area contributed by atoms with Crippen LogP contribution in [0.25, 0.3) is 0 Å². The van der Waals surface area contributed by atoms with E-state index in [0.29, 0.717) is 28.6 Å². The predicted octanol–water partition coefficient (Wildman–Crippen LogP) is 3.73. The molecule has 0 unspecified atom stereocenters. The average molecular weight is 415 g/mol. The zero-order valence-electron chi connectivity index (χ0n) is 15.5. The summed E-state index contributed by atoms with van der Waals surface area (Å²) in [6, 6.07) is 14.5. The normalized spacial score (nSPS) is 11.2. The summed E-state index contributed by atoms with van der Waals surface area (Å²) in [5.41, 5.74) is 3.05. The van der Waals surface area contributed by atoms with Gasteiger partial charge in [-0.15, -0.1) is 0 Å². The van der Waals surface area contributed by atoms with Crippen molar-refractivity contribution in [2.75, 3.05) is 11.4 Å². The van der Waals surface area contributed by atoms with E-state index in [1.54, 1.807) is 47.3 Å². The molecule has 8 heteroatoms. The highest BCUT2D eigenvalue weighted by atomic mass is 35.5.